The molecular formula is C23H22N2O2. The van der Waals surface area contributed by atoms with Crippen LogP contribution in [0.25, 0.3) is 0 Å². The second-order valence-corrected chi connectivity index (χ2v) is 6.55. The number of aliphatic hydroxyl groups is 1. The molecule has 3 aromatic rings. The van der Waals surface area contributed by atoms with Crippen molar-refractivity contribution in [1.82, 2.24) is 5.43 Å². The Morgan fingerprint density at radius 3 is 1.81 bits per heavy atom. The minimum absolute atomic E-state index is 0.490. The molecule has 0 fully saturated rings. The summed E-state index contributed by atoms with van der Waals surface area (Å²) < 4.78 is 0. The van der Waals surface area contributed by atoms with E-state index in [0.29, 0.717) is 11.1 Å². The second kappa shape index (κ2) is 7.98. The average Bonchev–Trinajstić information content (AvgIpc) is 2.69. The van der Waals surface area contributed by atoms with E-state index >= 15 is 0 Å². The Bertz CT molecular complexity index is 885. The number of hydrogen-bond acceptors (Lipinski definition) is 3. The fraction of sp³-hybridized carbons (Fsp3) is 0.130. The zero-order chi connectivity index (χ0) is 19.3. The van der Waals surface area contributed by atoms with E-state index in [1.165, 1.54) is 0 Å². The molecular weight excluding hydrogens is 336 g/mol. The molecule has 1 amide bonds. The van der Waals surface area contributed by atoms with Gasteiger partial charge in [-0.25, -0.2) is 5.43 Å². The minimum Gasteiger partial charge on any atom is -0.372 e. The number of amides is 1. The van der Waals surface area contributed by atoms with E-state index in [2.05, 4.69) is 10.5 Å². The highest BCUT2D eigenvalue weighted by atomic mass is 16.3. The number of carbonyl (C=O) groups excluding carboxylic acids is 1. The van der Waals surface area contributed by atoms with E-state index in [1.54, 1.807) is 30.5 Å². The van der Waals surface area contributed by atoms with Crippen molar-refractivity contribution in [3.8, 4) is 0 Å². The first kappa shape index (κ1) is 18.5. The lowest BCUT2D eigenvalue weighted by atomic mass is 9.85. The smallest absolute Gasteiger partial charge is 0.281 e. The molecule has 0 aliphatic carbocycles. The summed E-state index contributed by atoms with van der Waals surface area (Å²) in [6.45, 7) is 3.91. The van der Waals surface area contributed by atoms with Gasteiger partial charge in [-0.2, -0.15) is 5.10 Å². The van der Waals surface area contributed by atoms with Gasteiger partial charge in [0.25, 0.3) is 5.91 Å². The lowest BCUT2D eigenvalue weighted by Gasteiger charge is -2.27. The average molecular weight is 358 g/mol. The first-order chi connectivity index (χ1) is 13.0. The summed E-state index contributed by atoms with van der Waals surface area (Å²) in [5.41, 5.74) is 4.57. The van der Waals surface area contributed by atoms with Crippen LogP contribution in [-0.4, -0.2) is 17.2 Å². The van der Waals surface area contributed by atoms with Gasteiger partial charge in [-0.15, -0.1) is 0 Å². The Hall–Kier alpha value is -3.24. The summed E-state index contributed by atoms with van der Waals surface area (Å²) >= 11 is 0. The van der Waals surface area contributed by atoms with Crippen molar-refractivity contribution in [2.45, 2.75) is 19.4 Å². The Morgan fingerprint density at radius 2 is 1.33 bits per heavy atom. The number of benzene rings is 3. The molecule has 3 aromatic carbocycles. The third-order valence-corrected chi connectivity index (χ3v) is 4.45. The Balaban J connectivity index is 1.93. The van der Waals surface area contributed by atoms with Gasteiger partial charge < -0.3 is 5.11 Å². The Kier molecular flexibility index (Phi) is 5.48. The molecule has 0 aromatic heterocycles. The predicted octanol–water partition coefficient (Wildman–Crippen LogP) is 3.69. The van der Waals surface area contributed by atoms with Gasteiger partial charge in [-0.05, 0) is 30.5 Å². The largest absolute Gasteiger partial charge is 0.372 e. The molecule has 0 heterocycles. The van der Waals surface area contributed by atoms with Crippen LogP contribution in [0.3, 0.4) is 0 Å². The second-order valence-electron chi connectivity index (χ2n) is 6.55. The number of aryl methyl sites for hydroxylation is 2. The van der Waals surface area contributed by atoms with E-state index in [4.69, 9.17) is 0 Å². The van der Waals surface area contributed by atoms with Crippen molar-refractivity contribution in [2.75, 3.05) is 0 Å². The first-order valence-electron chi connectivity index (χ1n) is 8.75. The van der Waals surface area contributed by atoms with Crippen LogP contribution in [0.4, 0.5) is 0 Å². The molecule has 27 heavy (non-hydrogen) atoms. The molecule has 0 bridgehead atoms. The van der Waals surface area contributed by atoms with Gasteiger partial charge in [0.2, 0.25) is 0 Å². The Morgan fingerprint density at radius 1 is 0.852 bits per heavy atom. The van der Waals surface area contributed by atoms with Crippen LogP contribution in [0.5, 0.6) is 0 Å². The van der Waals surface area contributed by atoms with E-state index in [-0.39, 0.29) is 0 Å². The molecule has 4 heteroatoms. The van der Waals surface area contributed by atoms with Crippen molar-refractivity contribution in [3.63, 3.8) is 0 Å². The first-order valence-corrected chi connectivity index (χ1v) is 8.75. The molecule has 0 spiro atoms. The summed E-state index contributed by atoms with van der Waals surface area (Å²) in [7, 11) is 0. The van der Waals surface area contributed by atoms with Crippen LogP contribution in [-0.2, 0) is 10.4 Å². The normalized spacial score (nSPS) is 11.5. The molecule has 4 nitrogen and oxygen atoms in total. The molecule has 2 N–H and O–H groups in total. The maximum Gasteiger partial charge on any atom is 0.281 e. The number of hydrogen-bond donors (Lipinski definition) is 2. The Labute approximate surface area is 159 Å². The van der Waals surface area contributed by atoms with Crippen molar-refractivity contribution in [1.29, 1.82) is 0 Å². The lowest BCUT2D eigenvalue weighted by molar-refractivity contribution is -0.136. The maximum absolute atomic E-state index is 13.0. The number of rotatable bonds is 5. The van der Waals surface area contributed by atoms with E-state index in [1.807, 2.05) is 68.4 Å². The molecule has 136 valence electrons. The highest BCUT2D eigenvalue weighted by Crippen LogP contribution is 2.30. The lowest BCUT2D eigenvalue weighted by Crippen LogP contribution is -2.43. The summed E-state index contributed by atoms with van der Waals surface area (Å²) in [6.07, 6.45) is 1.54. The zero-order valence-electron chi connectivity index (χ0n) is 15.4. The molecule has 0 unspecified atom stereocenters. The monoisotopic (exact) mass is 358 g/mol. The van der Waals surface area contributed by atoms with Crippen LogP contribution in [0.1, 0.15) is 27.8 Å². The van der Waals surface area contributed by atoms with E-state index in [0.717, 1.165) is 16.7 Å². The van der Waals surface area contributed by atoms with Crippen LogP contribution >= 0.6 is 0 Å². The molecule has 0 saturated carbocycles. The number of carbonyl (C=O) groups is 1. The van der Waals surface area contributed by atoms with Crippen molar-refractivity contribution < 1.29 is 9.90 Å². The van der Waals surface area contributed by atoms with Gasteiger partial charge in [-0.1, -0.05) is 90.0 Å². The third kappa shape index (κ3) is 4.13. The predicted molar refractivity (Wildman–Crippen MR) is 108 cm³/mol. The SMILES string of the molecule is Cc1ccc(C(O)(C(=O)N/N=C\c2ccccc2)c2ccc(C)cc2)cc1. The topological polar surface area (TPSA) is 61.7 Å². The van der Waals surface area contributed by atoms with E-state index in [9.17, 15) is 9.90 Å². The van der Waals surface area contributed by atoms with Crippen LogP contribution in [0.15, 0.2) is 84.0 Å². The van der Waals surface area contributed by atoms with Crippen molar-refractivity contribution in [3.05, 3.63) is 107 Å². The van der Waals surface area contributed by atoms with Crippen LogP contribution in [0, 0.1) is 13.8 Å². The molecule has 0 aliphatic rings. The molecule has 0 radical (unpaired) electrons. The molecule has 0 aliphatic heterocycles. The number of hydrazone groups is 1. The number of nitrogens with one attached hydrogen (secondary N) is 1. The minimum atomic E-state index is -1.84. The summed E-state index contributed by atoms with van der Waals surface area (Å²) in [4.78, 5) is 13.0. The van der Waals surface area contributed by atoms with Gasteiger partial charge in [0.15, 0.2) is 5.60 Å². The summed E-state index contributed by atoms with van der Waals surface area (Å²) in [6, 6.07) is 24.0. The van der Waals surface area contributed by atoms with Gasteiger partial charge in [0.05, 0.1) is 6.21 Å². The summed E-state index contributed by atoms with van der Waals surface area (Å²) in [5, 5.41) is 15.4. The van der Waals surface area contributed by atoms with Crippen LogP contribution < -0.4 is 5.43 Å². The quantitative estimate of drug-likeness (QED) is 0.540. The van der Waals surface area contributed by atoms with Crippen LogP contribution in [0.2, 0.25) is 0 Å². The highest BCUT2D eigenvalue weighted by molar-refractivity contribution is 5.91. The third-order valence-electron chi connectivity index (χ3n) is 4.45. The van der Waals surface area contributed by atoms with Crippen molar-refractivity contribution >= 4 is 12.1 Å². The standard InChI is InChI=1S/C23H22N2O2/c1-17-8-12-20(13-9-17)23(27,21-14-10-18(2)11-15-21)22(26)25-24-16-19-6-4-3-5-7-19/h3-16,27H,1-2H3,(H,25,26)/b24-16-. The summed E-state index contributed by atoms with van der Waals surface area (Å²) in [5.74, 6) is -0.609. The van der Waals surface area contributed by atoms with Crippen molar-refractivity contribution in [2.24, 2.45) is 5.10 Å². The molecule has 3 rings (SSSR count). The van der Waals surface area contributed by atoms with Gasteiger partial charge in [0.1, 0.15) is 0 Å². The van der Waals surface area contributed by atoms with Gasteiger partial charge >= 0.3 is 0 Å². The zero-order valence-corrected chi connectivity index (χ0v) is 15.4. The maximum atomic E-state index is 13.0. The molecule has 0 atom stereocenters. The van der Waals surface area contributed by atoms with Gasteiger partial charge in [-0.3, -0.25) is 4.79 Å². The number of nitrogens with zero attached hydrogens (tertiary/aromatic N) is 1. The molecule has 0 saturated heterocycles. The fourth-order valence-corrected chi connectivity index (χ4v) is 2.80. The van der Waals surface area contributed by atoms with Gasteiger partial charge in [0, 0.05) is 0 Å². The highest BCUT2D eigenvalue weighted by Gasteiger charge is 2.40. The fourth-order valence-electron chi connectivity index (χ4n) is 2.80. The van der Waals surface area contributed by atoms with E-state index < -0.39 is 11.5 Å².